The molecule has 0 aliphatic carbocycles. The van der Waals surface area contributed by atoms with Gasteiger partial charge in [0.05, 0.1) is 6.42 Å². The summed E-state index contributed by atoms with van der Waals surface area (Å²) in [6.45, 7) is 0. The molecule has 0 radical (unpaired) electrons. The minimum Gasteiger partial charge on any atom is -0.407 e. The van der Waals surface area contributed by atoms with Crippen molar-refractivity contribution < 1.29 is 18.1 Å². The van der Waals surface area contributed by atoms with Gasteiger partial charge in [0.2, 0.25) is 5.89 Å². The number of rotatable bonds is 5. The SMILES string of the molecule is O=C(Nc1nnc(Cc2ccc(F)cc2)o1)c1cc(-c2ccccc2)on1. The van der Waals surface area contributed by atoms with Gasteiger partial charge in [0, 0.05) is 11.6 Å². The van der Waals surface area contributed by atoms with Crippen LogP contribution in [0.5, 0.6) is 0 Å². The maximum Gasteiger partial charge on any atom is 0.322 e. The Balaban J connectivity index is 1.42. The average Bonchev–Trinajstić information content (AvgIpc) is 3.34. The van der Waals surface area contributed by atoms with Gasteiger partial charge in [0.15, 0.2) is 11.5 Å². The van der Waals surface area contributed by atoms with E-state index in [1.807, 2.05) is 30.3 Å². The third-order valence-corrected chi connectivity index (χ3v) is 3.76. The highest BCUT2D eigenvalue weighted by molar-refractivity contribution is 6.02. The van der Waals surface area contributed by atoms with Crippen LogP contribution in [-0.4, -0.2) is 21.3 Å². The molecule has 2 aromatic carbocycles. The van der Waals surface area contributed by atoms with Crippen molar-refractivity contribution in [3.63, 3.8) is 0 Å². The van der Waals surface area contributed by atoms with Crippen LogP contribution in [0.25, 0.3) is 11.3 Å². The summed E-state index contributed by atoms with van der Waals surface area (Å²) in [6.07, 6.45) is 0.325. The Morgan fingerprint density at radius 2 is 1.81 bits per heavy atom. The summed E-state index contributed by atoms with van der Waals surface area (Å²) in [5, 5.41) is 13.9. The molecule has 7 nitrogen and oxygen atoms in total. The predicted octanol–water partition coefficient (Wildman–Crippen LogP) is 3.71. The van der Waals surface area contributed by atoms with Crippen LogP contribution in [0, 0.1) is 5.82 Å². The average molecular weight is 364 g/mol. The molecule has 1 N–H and O–H groups in total. The van der Waals surface area contributed by atoms with E-state index in [0.29, 0.717) is 18.1 Å². The molecule has 4 rings (SSSR count). The van der Waals surface area contributed by atoms with Gasteiger partial charge in [0.1, 0.15) is 5.82 Å². The molecular formula is C19H13FN4O3. The molecule has 4 aromatic rings. The second-order valence-electron chi connectivity index (χ2n) is 5.70. The number of carbonyl (C=O) groups is 1. The highest BCUT2D eigenvalue weighted by Crippen LogP contribution is 2.20. The van der Waals surface area contributed by atoms with Crippen molar-refractivity contribution in [3.05, 3.63) is 83.6 Å². The van der Waals surface area contributed by atoms with Gasteiger partial charge in [-0.3, -0.25) is 10.1 Å². The maximum absolute atomic E-state index is 12.9. The molecule has 1 amide bonds. The molecule has 0 saturated carbocycles. The fourth-order valence-electron chi connectivity index (χ4n) is 2.43. The highest BCUT2D eigenvalue weighted by Gasteiger charge is 2.17. The Hall–Kier alpha value is -3.81. The van der Waals surface area contributed by atoms with Gasteiger partial charge in [-0.1, -0.05) is 52.7 Å². The van der Waals surface area contributed by atoms with Gasteiger partial charge in [0.25, 0.3) is 5.91 Å². The van der Waals surface area contributed by atoms with E-state index in [4.69, 9.17) is 8.94 Å². The molecule has 0 bridgehead atoms. The molecule has 0 aliphatic rings. The summed E-state index contributed by atoms with van der Waals surface area (Å²) in [7, 11) is 0. The van der Waals surface area contributed by atoms with Crippen LogP contribution in [0.4, 0.5) is 10.4 Å². The number of amides is 1. The lowest BCUT2D eigenvalue weighted by Crippen LogP contribution is -2.12. The largest absolute Gasteiger partial charge is 0.407 e. The first-order chi connectivity index (χ1) is 13.2. The van der Waals surface area contributed by atoms with Crippen LogP contribution < -0.4 is 5.32 Å². The van der Waals surface area contributed by atoms with E-state index < -0.39 is 5.91 Å². The van der Waals surface area contributed by atoms with Gasteiger partial charge in [-0.25, -0.2) is 4.39 Å². The number of hydrogen-bond acceptors (Lipinski definition) is 6. The molecule has 0 spiro atoms. The summed E-state index contributed by atoms with van der Waals surface area (Å²) in [4.78, 5) is 12.3. The number of hydrogen-bond donors (Lipinski definition) is 1. The lowest BCUT2D eigenvalue weighted by Gasteiger charge is -1.97. The standard InChI is InChI=1S/C19H13FN4O3/c20-14-8-6-12(7-9-14)10-17-22-23-19(26-17)21-18(25)15-11-16(27-24-15)13-4-2-1-3-5-13/h1-9,11H,10H2,(H,21,23,25). The number of nitrogens with one attached hydrogen (secondary N) is 1. The van der Waals surface area contributed by atoms with E-state index in [-0.39, 0.29) is 17.5 Å². The lowest BCUT2D eigenvalue weighted by molar-refractivity contribution is 0.101. The molecule has 0 saturated heterocycles. The normalized spacial score (nSPS) is 10.7. The van der Waals surface area contributed by atoms with Crippen LogP contribution in [0.2, 0.25) is 0 Å². The molecule has 0 atom stereocenters. The summed E-state index contributed by atoms with van der Waals surface area (Å²) >= 11 is 0. The molecule has 2 heterocycles. The number of halogens is 1. The minimum absolute atomic E-state index is 0.0543. The van der Waals surface area contributed by atoms with E-state index in [0.717, 1.165) is 11.1 Å². The smallest absolute Gasteiger partial charge is 0.322 e. The van der Waals surface area contributed by atoms with Gasteiger partial charge < -0.3 is 8.94 Å². The first-order valence-electron chi connectivity index (χ1n) is 8.08. The summed E-state index contributed by atoms with van der Waals surface area (Å²) in [5.74, 6) is -0.0806. The lowest BCUT2D eigenvalue weighted by atomic mass is 10.1. The van der Waals surface area contributed by atoms with Gasteiger partial charge in [-0.05, 0) is 17.7 Å². The van der Waals surface area contributed by atoms with Crippen molar-refractivity contribution in [1.29, 1.82) is 0 Å². The van der Waals surface area contributed by atoms with Crippen LogP contribution in [0.3, 0.4) is 0 Å². The first-order valence-corrected chi connectivity index (χ1v) is 8.08. The van der Waals surface area contributed by atoms with Crippen molar-refractivity contribution in [2.24, 2.45) is 0 Å². The fraction of sp³-hybridized carbons (Fsp3) is 0.0526. The van der Waals surface area contributed by atoms with E-state index in [1.165, 1.54) is 18.2 Å². The van der Waals surface area contributed by atoms with Crippen LogP contribution >= 0.6 is 0 Å². The highest BCUT2D eigenvalue weighted by atomic mass is 19.1. The van der Waals surface area contributed by atoms with Crippen molar-refractivity contribution in [2.75, 3.05) is 5.32 Å². The van der Waals surface area contributed by atoms with Gasteiger partial charge >= 0.3 is 6.01 Å². The minimum atomic E-state index is -0.530. The monoisotopic (exact) mass is 364 g/mol. The summed E-state index contributed by atoms with van der Waals surface area (Å²) in [5.41, 5.74) is 1.71. The van der Waals surface area contributed by atoms with Crippen LogP contribution in [0.15, 0.2) is 69.6 Å². The topological polar surface area (TPSA) is 94.1 Å². The van der Waals surface area contributed by atoms with Crippen molar-refractivity contribution in [2.45, 2.75) is 6.42 Å². The third-order valence-electron chi connectivity index (χ3n) is 3.76. The van der Waals surface area contributed by atoms with Crippen LogP contribution in [-0.2, 0) is 6.42 Å². The van der Waals surface area contributed by atoms with Crippen molar-refractivity contribution >= 4 is 11.9 Å². The molecular weight excluding hydrogens is 351 g/mol. The zero-order valence-electron chi connectivity index (χ0n) is 13.9. The van der Waals surface area contributed by atoms with Crippen LogP contribution in [0.1, 0.15) is 21.9 Å². The molecule has 0 aliphatic heterocycles. The molecule has 0 unspecified atom stereocenters. The molecule has 8 heteroatoms. The number of aromatic nitrogens is 3. The Morgan fingerprint density at radius 3 is 2.59 bits per heavy atom. The second kappa shape index (κ2) is 7.20. The maximum atomic E-state index is 12.9. The van der Waals surface area contributed by atoms with Gasteiger partial charge in [-0.2, -0.15) is 0 Å². The van der Waals surface area contributed by atoms with Crippen molar-refractivity contribution in [1.82, 2.24) is 15.4 Å². The first kappa shape index (κ1) is 16.6. The number of anilines is 1. The third kappa shape index (κ3) is 3.90. The van der Waals surface area contributed by atoms with Crippen molar-refractivity contribution in [3.8, 4) is 11.3 Å². The van der Waals surface area contributed by atoms with E-state index in [1.54, 1.807) is 12.1 Å². The predicted molar refractivity (Wildman–Crippen MR) is 93.4 cm³/mol. The van der Waals surface area contributed by atoms with E-state index >= 15 is 0 Å². The number of benzene rings is 2. The number of carbonyl (C=O) groups excluding carboxylic acids is 1. The Kier molecular flexibility index (Phi) is 4.44. The zero-order valence-corrected chi connectivity index (χ0v) is 13.9. The molecule has 2 aromatic heterocycles. The number of nitrogens with zero attached hydrogens (tertiary/aromatic N) is 3. The van der Waals surface area contributed by atoms with E-state index in [9.17, 15) is 9.18 Å². The summed E-state index contributed by atoms with van der Waals surface area (Å²) < 4.78 is 23.5. The van der Waals surface area contributed by atoms with E-state index in [2.05, 4.69) is 20.7 Å². The molecule has 134 valence electrons. The molecule has 27 heavy (non-hydrogen) atoms. The van der Waals surface area contributed by atoms with Gasteiger partial charge in [-0.15, -0.1) is 5.10 Å². The second-order valence-corrected chi connectivity index (χ2v) is 5.70. The summed E-state index contributed by atoms with van der Waals surface area (Å²) in [6, 6.07) is 16.7. The Bertz CT molecular complexity index is 1060. The fourth-order valence-corrected chi connectivity index (χ4v) is 2.43. The molecule has 0 fully saturated rings. The Morgan fingerprint density at radius 1 is 1.04 bits per heavy atom. The zero-order chi connectivity index (χ0) is 18.6. The Labute approximate surface area is 152 Å². The quantitative estimate of drug-likeness (QED) is 0.580.